The topological polar surface area (TPSA) is 127 Å². The summed E-state index contributed by atoms with van der Waals surface area (Å²) in [5.74, 6) is 0.663. The molecule has 3 amide bonds. The van der Waals surface area contributed by atoms with Crippen LogP contribution in [0.25, 0.3) is 0 Å². The molecule has 0 unspecified atom stereocenters. The van der Waals surface area contributed by atoms with Gasteiger partial charge in [-0.1, -0.05) is 50.3 Å². The first kappa shape index (κ1) is 28.5. The summed E-state index contributed by atoms with van der Waals surface area (Å²) in [5, 5.41) is 5.61. The molecule has 4 rings (SSSR count). The molecule has 0 bridgehead atoms. The van der Waals surface area contributed by atoms with Crippen molar-refractivity contribution in [2.75, 3.05) is 20.7 Å². The number of carbonyl (C=O) groups excluding carboxylic acids is 3. The molecule has 9 nitrogen and oxygen atoms in total. The van der Waals surface area contributed by atoms with Gasteiger partial charge in [0.25, 0.3) is 0 Å². The summed E-state index contributed by atoms with van der Waals surface area (Å²) in [6.45, 7) is 0.537. The Morgan fingerprint density at radius 1 is 1.08 bits per heavy atom. The van der Waals surface area contributed by atoms with Gasteiger partial charge in [0.1, 0.15) is 17.8 Å². The van der Waals surface area contributed by atoms with Crippen molar-refractivity contribution in [1.29, 1.82) is 0 Å². The van der Waals surface area contributed by atoms with Crippen LogP contribution in [0.4, 0.5) is 0 Å². The van der Waals surface area contributed by atoms with Gasteiger partial charge >= 0.3 is 0 Å². The van der Waals surface area contributed by atoms with Gasteiger partial charge < -0.3 is 26.0 Å². The summed E-state index contributed by atoms with van der Waals surface area (Å²) in [6.07, 6.45) is 10.2. The van der Waals surface area contributed by atoms with Crippen molar-refractivity contribution in [3.05, 3.63) is 59.9 Å². The number of para-hydroxylation sites is 1. The van der Waals surface area contributed by atoms with E-state index in [1.54, 1.807) is 31.5 Å². The quantitative estimate of drug-likeness (QED) is 0.429. The molecule has 9 heteroatoms. The summed E-state index contributed by atoms with van der Waals surface area (Å²) in [5.41, 5.74) is 8.13. The molecule has 210 valence electrons. The second-order valence-electron chi connectivity index (χ2n) is 10.7. The SMILES string of the molecule is CNC(=O)[C@H](Cc1ccncc1)NC(=O)[C@@H]1C[C@@H](C2CCCCC2)CN1C(=O)C[C@H](N)c1ccccc1OC. The first-order valence-corrected chi connectivity index (χ1v) is 14.0. The molecule has 2 aliphatic rings. The van der Waals surface area contributed by atoms with Gasteiger partial charge in [-0.3, -0.25) is 19.4 Å². The number of nitrogens with one attached hydrogen (secondary N) is 2. The number of carbonyl (C=O) groups is 3. The van der Waals surface area contributed by atoms with Crippen molar-refractivity contribution >= 4 is 17.7 Å². The first-order valence-electron chi connectivity index (χ1n) is 14.0. The zero-order chi connectivity index (χ0) is 27.8. The number of likely N-dealkylation sites (N-methyl/N-ethyl adjacent to an activating group) is 1. The van der Waals surface area contributed by atoms with E-state index in [1.165, 1.54) is 19.3 Å². The molecule has 1 saturated carbocycles. The number of pyridine rings is 1. The Balaban J connectivity index is 1.52. The first-order chi connectivity index (χ1) is 18.9. The van der Waals surface area contributed by atoms with Crippen molar-refractivity contribution in [3.63, 3.8) is 0 Å². The summed E-state index contributed by atoms with van der Waals surface area (Å²) in [4.78, 5) is 45.8. The molecule has 1 aromatic heterocycles. The molecule has 2 heterocycles. The lowest BCUT2D eigenvalue weighted by Gasteiger charge is -2.28. The number of amides is 3. The third kappa shape index (κ3) is 7.15. The average Bonchev–Trinajstić information content (AvgIpc) is 3.43. The standard InChI is InChI=1S/C30H41N5O4/c1-32-29(37)25(16-20-12-14-33-15-13-20)34-30(38)26-17-22(21-8-4-3-5-9-21)19-35(26)28(36)18-24(31)23-10-6-7-11-27(23)39-2/h6-7,10-15,21-22,24-26H,3-5,8-9,16-19,31H2,1-2H3,(H,32,37)(H,34,38)/t22-,24+,25+,26+/m1/s1. The average molecular weight is 536 g/mol. The summed E-state index contributed by atoms with van der Waals surface area (Å²) in [6, 6.07) is 9.12. The second kappa shape index (κ2) is 13.6. The molecule has 2 fully saturated rings. The molecule has 39 heavy (non-hydrogen) atoms. The fourth-order valence-electron chi connectivity index (χ4n) is 6.13. The minimum atomic E-state index is -0.758. The Hall–Kier alpha value is -3.46. The Kier molecular flexibility index (Phi) is 9.92. The number of nitrogens with two attached hydrogens (primary N) is 1. The Bertz CT molecular complexity index is 1120. The number of hydrogen-bond acceptors (Lipinski definition) is 6. The maximum atomic E-state index is 13.7. The molecule has 1 aliphatic heterocycles. The number of nitrogens with zero attached hydrogens (tertiary/aromatic N) is 2. The van der Waals surface area contributed by atoms with Crippen LogP contribution in [0, 0.1) is 11.8 Å². The van der Waals surface area contributed by atoms with E-state index in [0.29, 0.717) is 31.1 Å². The third-order valence-electron chi connectivity index (χ3n) is 8.27. The Morgan fingerprint density at radius 3 is 2.49 bits per heavy atom. The molecule has 2 aromatic rings. The van der Waals surface area contributed by atoms with Crippen LogP contribution < -0.4 is 21.1 Å². The van der Waals surface area contributed by atoms with E-state index >= 15 is 0 Å². The van der Waals surface area contributed by atoms with Crippen LogP contribution in [0.2, 0.25) is 0 Å². The predicted molar refractivity (Wildman–Crippen MR) is 149 cm³/mol. The van der Waals surface area contributed by atoms with Gasteiger partial charge in [0.2, 0.25) is 17.7 Å². The molecule has 0 spiro atoms. The molecule has 4 atom stereocenters. The minimum absolute atomic E-state index is 0.0669. The smallest absolute Gasteiger partial charge is 0.243 e. The second-order valence-corrected chi connectivity index (χ2v) is 10.7. The minimum Gasteiger partial charge on any atom is -0.496 e. The summed E-state index contributed by atoms with van der Waals surface area (Å²) in [7, 11) is 3.13. The van der Waals surface area contributed by atoms with E-state index in [1.807, 2.05) is 36.4 Å². The van der Waals surface area contributed by atoms with E-state index in [-0.39, 0.29) is 30.1 Å². The van der Waals surface area contributed by atoms with Crippen LogP contribution in [0.3, 0.4) is 0 Å². The summed E-state index contributed by atoms with van der Waals surface area (Å²) >= 11 is 0. The van der Waals surface area contributed by atoms with E-state index in [2.05, 4.69) is 15.6 Å². The highest BCUT2D eigenvalue weighted by atomic mass is 16.5. The van der Waals surface area contributed by atoms with Gasteiger partial charge in [-0.05, 0) is 42.0 Å². The van der Waals surface area contributed by atoms with Crippen LogP contribution in [0.5, 0.6) is 5.75 Å². The number of ether oxygens (including phenoxy) is 1. The maximum Gasteiger partial charge on any atom is 0.243 e. The molecule has 4 N–H and O–H groups in total. The van der Waals surface area contributed by atoms with Gasteiger partial charge in [-0.15, -0.1) is 0 Å². The predicted octanol–water partition coefficient (Wildman–Crippen LogP) is 2.75. The van der Waals surface area contributed by atoms with Crippen LogP contribution in [0.15, 0.2) is 48.8 Å². The van der Waals surface area contributed by atoms with Crippen molar-refractivity contribution in [1.82, 2.24) is 20.5 Å². The van der Waals surface area contributed by atoms with Crippen molar-refractivity contribution in [3.8, 4) is 5.75 Å². The lowest BCUT2D eigenvalue weighted by atomic mass is 9.79. The Labute approximate surface area is 230 Å². The number of methoxy groups -OCH3 is 1. The monoisotopic (exact) mass is 535 g/mol. The number of benzene rings is 1. The van der Waals surface area contributed by atoms with Gasteiger partial charge in [0, 0.05) is 50.4 Å². The lowest BCUT2D eigenvalue weighted by Crippen LogP contribution is -2.53. The molecule has 1 aliphatic carbocycles. The molecular formula is C30H41N5O4. The zero-order valence-electron chi connectivity index (χ0n) is 23.0. The fraction of sp³-hybridized carbons (Fsp3) is 0.533. The molecular weight excluding hydrogens is 494 g/mol. The highest BCUT2D eigenvalue weighted by molar-refractivity contribution is 5.92. The van der Waals surface area contributed by atoms with Gasteiger partial charge in [-0.2, -0.15) is 0 Å². The highest BCUT2D eigenvalue weighted by Gasteiger charge is 2.43. The maximum absolute atomic E-state index is 13.7. The summed E-state index contributed by atoms with van der Waals surface area (Å²) < 4.78 is 5.44. The van der Waals surface area contributed by atoms with E-state index in [9.17, 15) is 14.4 Å². The van der Waals surface area contributed by atoms with Crippen LogP contribution in [-0.4, -0.2) is 60.4 Å². The highest BCUT2D eigenvalue weighted by Crippen LogP contribution is 2.38. The van der Waals surface area contributed by atoms with Crippen molar-refractivity contribution in [2.24, 2.45) is 17.6 Å². The number of likely N-dealkylation sites (tertiary alicyclic amines) is 1. The van der Waals surface area contributed by atoms with Crippen molar-refractivity contribution < 1.29 is 19.1 Å². The molecule has 1 aromatic carbocycles. The van der Waals surface area contributed by atoms with Crippen LogP contribution in [0.1, 0.15) is 62.1 Å². The van der Waals surface area contributed by atoms with Gasteiger partial charge in [0.05, 0.1) is 7.11 Å². The van der Waals surface area contributed by atoms with Crippen molar-refractivity contribution in [2.45, 2.75) is 69.5 Å². The van der Waals surface area contributed by atoms with E-state index < -0.39 is 18.1 Å². The number of hydrogen-bond donors (Lipinski definition) is 3. The van der Waals surface area contributed by atoms with Crippen LogP contribution >= 0.6 is 0 Å². The van der Waals surface area contributed by atoms with E-state index in [0.717, 1.165) is 24.0 Å². The van der Waals surface area contributed by atoms with Gasteiger partial charge in [0.15, 0.2) is 0 Å². The molecule has 1 saturated heterocycles. The number of rotatable bonds is 10. The zero-order valence-corrected chi connectivity index (χ0v) is 23.0. The number of aromatic nitrogens is 1. The van der Waals surface area contributed by atoms with Gasteiger partial charge in [-0.25, -0.2) is 0 Å². The fourth-order valence-corrected chi connectivity index (χ4v) is 6.13. The van der Waals surface area contributed by atoms with Crippen LogP contribution in [-0.2, 0) is 20.8 Å². The lowest BCUT2D eigenvalue weighted by molar-refractivity contribution is -0.139. The third-order valence-corrected chi connectivity index (χ3v) is 8.27. The largest absolute Gasteiger partial charge is 0.496 e. The normalized spacial score (nSPS) is 21.2. The molecule has 0 radical (unpaired) electrons. The Morgan fingerprint density at radius 2 is 1.79 bits per heavy atom. The van der Waals surface area contributed by atoms with E-state index in [4.69, 9.17) is 10.5 Å².